The van der Waals surface area contributed by atoms with Gasteiger partial charge in [-0.15, -0.1) is 17.9 Å². The smallest absolute Gasteiger partial charge is 0.200 e. The van der Waals surface area contributed by atoms with Crippen LogP contribution in [-0.4, -0.2) is 0 Å². The maximum Gasteiger partial charge on any atom is 0.222 e. The first-order chi connectivity index (χ1) is 10.6. The maximum absolute atomic E-state index is 3.86. The third kappa shape index (κ3) is 2.59. The van der Waals surface area contributed by atoms with Gasteiger partial charge in [0.25, 0.3) is 0 Å². The van der Waals surface area contributed by atoms with E-state index in [9.17, 15) is 0 Å². The Morgan fingerprint density at radius 3 is 2.73 bits per heavy atom. The van der Waals surface area contributed by atoms with Gasteiger partial charge in [0.2, 0.25) is 5.69 Å². The molecule has 0 aliphatic heterocycles. The molecule has 0 aliphatic carbocycles. The lowest BCUT2D eigenvalue weighted by Gasteiger charge is -2.08. The van der Waals surface area contributed by atoms with Crippen LogP contribution in [-0.2, 0) is 13.5 Å². The van der Waals surface area contributed by atoms with Gasteiger partial charge >= 0.3 is 0 Å². The summed E-state index contributed by atoms with van der Waals surface area (Å²) in [6.07, 6.45) is 5.03. The number of fused-ring (bicyclic) bond motifs is 1. The number of aryl methyl sites for hydroxylation is 1. The van der Waals surface area contributed by atoms with Crippen molar-refractivity contribution in [3.63, 3.8) is 0 Å². The minimum atomic E-state index is 0.509. The fraction of sp³-hybridized carbons (Fsp3) is 0.250. The molecule has 0 radical (unpaired) electrons. The Morgan fingerprint density at radius 2 is 2.00 bits per heavy atom. The van der Waals surface area contributed by atoms with Gasteiger partial charge in [-0.25, -0.2) is 4.57 Å². The third-order valence-corrected chi connectivity index (χ3v) is 5.25. The molecule has 3 aromatic rings. The second kappa shape index (κ2) is 6.05. The molecule has 2 aromatic heterocycles. The van der Waals surface area contributed by atoms with Crippen LogP contribution in [0.25, 0.3) is 20.7 Å². The normalized spacial score (nSPS) is 11.3. The van der Waals surface area contributed by atoms with Gasteiger partial charge < -0.3 is 0 Å². The summed E-state index contributed by atoms with van der Waals surface area (Å²) in [5.41, 5.74) is 4.08. The van der Waals surface area contributed by atoms with Crippen molar-refractivity contribution in [1.82, 2.24) is 0 Å². The molecule has 2 heteroatoms. The average Bonchev–Trinajstić information content (AvgIpc) is 2.88. The second-order valence-corrected chi connectivity index (χ2v) is 7.07. The molecule has 0 bridgehead atoms. The fourth-order valence-electron chi connectivity index (χ4n) is 2.96. The molecule has 0 N–H and O–H groups in total. The summed E-state index contributed by atoms with van der Waals surface area (Å²) in [4.78, 5) is 1.39. The number of nitrogens with zero attached hydrogens (tertiary/aromatic N) is 1. The Morgan fingerprint density at radius 1 is 1.23 bits per heavy atom. The van der Waals surface area contributed by atoms with E-state index in [0.29, 0.717) is 5.92 Å². The van der Waals surface area contributed by atoms with E-state index < -0.39 is 0 Å². The summed E-state index contributed by atoms with van der Waals surface area (Å²) in [6, 6.07) is 13.2. The minimum Gasteiger partial charge on any atom is -0.200 e. The number of aromatic nitrogens is 1. The quantitative estimate of drug-likeness (QED) is 0.458. The Hall–Kier alpha value is -1.93. The van der Waals surface area contributed by atoms with Crippen LogP contribution in [0.1, 0.15) is 30.9 Å². The third-order valence-electron chi connectivity index (χ3n) is 4.04. The summed E-state index contributed by atoms with van der Waals surface area (Å²) in [7, 11) is 2.13. The van der Waals surface area contributed by atoms with Crippen molar-refractivity contribution >= 4 is 21.4 Å². The first kappa shape index (κ1) is 15.0. The maximum atomic E-state index is 3.86. The standard InChI is InChI=1S/C20H22NS/c1-5-8-15-11-12-21(4)17(13-15)20-19(14(2)3)16-9-6-7-10-18(16)22-20/h5-7,9-14H,1,8H2,2-4H3/q+1. The zero-order valence-electron chi connectivity index (χ0n) is 13.5. The van der Waals surface area contributed by atoms with Crippen molar-refractivity contribution in [2.75, 3.05) is 0 Å². The molecule has 1 nitrogen and oxygen atoms in total. The summed E-state index contributed by atoms with van der Waals surface area (Å²) >= 11 is 1.90. The number of allylic oxidation sites excluding steroid dienone is 1. The van der Waals surface area contributed by atoms with Crippen LogP contribution in [0.15, 0.2) is 55.3 Å². The van der Waals surface area contributed by atoms with Crippen molar-refractivity contribution in [2.45, 2.75) is 26.2 Å². The lowest BCUT2D eigenvalue weighted by Crippen LogP contribution is -2.30. The van der Waals surface area contributed by atoms with Crippen molar-refractivity contribution < 1.29 is 4.57 Å². The number of rotatable bonds is 4. The molecule has 22 heavy (non-hydrogen) atoms. The van der Waals surface area contributed by atoms with Gasteiger partial charge in [-0.05, 0) is 34.9 Å². The van der Waals surface area contributed by atoms with Crippen LogP contribution in [0.2, 0.25) is 0 Å². The molecule has 112 valence electrons. The van der Waals surface area contributed by atoms with E-state index in [4.69, 9.17) is 0 Å². The summed E-state index contributed by atoms with van der Waals surface area (Å²) in [5.74, 6) is 0.509. The van der Waals surface area contributed by atoms with Gasteiger partial charge in [0.1, 0.15) is 11.9 Å². The highest BCUT2D eigenvalue weighted by Gasteiger charge is 2.22. The number of hydrogen-bond acceptors (Lipinski definition) is 1. The summed E-state index contributed by atoms with van der Waals surface area (Å²) in [5, 5.41) is 1.40. The summed E-state index contributed by atoms with van der Waals surface area (Å²) in [6.45, 7) is 8.42. The molecule has 1 aromatic carbocycles. The van der Waals surface area contributed by atoms with Crippen LogP contribution >= 0.6 is 11.3 Å². The van der Waals surface area contributed by atoms with Gasteiger partial charge in [0.15, 0.2) is 6.20 Å². The number of thiophene rings is 1. The molecular formula is C20H22NS+. The number of hydrogen-bond donors (Lipinski definition) is 0. The zero-order chi connectivity index (χ0) is 15.7. The van der Waals surface area contributed by atoms with Gasteiger partial charge in [-0.2, -0.15) is 0 Å². The van der Waals surface area contributed by atoms with Crippen LogP contribution in [0.4, 0.5) is 0 Å². The monoisotopic (exact) mass is 308 g/mol. The average molecular weight is 308 g/mol. The van der Waals surface area contributed by atoms with E-state index in [0.717, 1.165) is 6.42 Å². The molecule has 0 fully saturated rings. The van der Waals surface area contributed by atoms with E-state index in [2.05, 4.69) is 74.6 Å². The van der Waals surface area contributed by atoms with Crippen LogP contribution in [0.3, 0.4) is 0 Å². The highest BCUT2D eigenvalue weighted by molar-refractivity contribution is 7.22. The summed E-state index contributed by atoms with van der Waals surface area (Å²) < 4.78 is 3.60. The van der Waals surface area contributed by atoms with Crippen LogP contribution < -0.4 is 4.57 Å². The van der Waals surface area contributed by atoms with E-state index in [1.807, 2.05) is 17.4 Å². The van der Waals surface area contributed by atoms with E-state index >= 15 is 0 Å². The van der Waals surface area contributed by atoms with Gasteiger partial charge in [-0.3, -0.25) is 0 Å². The molecule has 3 rings (SSSR count). The Bertz CT molecular complexity index is 827. The highest BCUT2D eigenvalue weighted by Crippen LogP contribution is 2.41. The Labute approximate surface area is 136 Å². The lowest BCUT2D eigenvalue weighted by molar-refractivity contribution is -0.660. The van der Waals surface area contributed by atoms with Crippen molar-refractivity contribution in [2.24, 2.45) is 7.05 Å². The largest absolute Gasteiger partial charge is 0.222 e. The minimum absolute atomic E-state index is 0.509. The topological polar surface area (TPSA) is 3.88 Å². The van der Waals surface area contributed by atoms with Crippen LogP contribution in [0, 0.1) is 0 Å². The fourth-order valence-corrected chi connectivity index (χ4v) is 4.38. The SMILES string of the molecule is C=CCc1cc[n+](C)c(-c2sc3ccccc3c2C(C)C)c1. The molecule has 0 saturated carbocycles. The lowest BCUT2D eigenvalue weighted by atomic mass is 9.97. The number of benzene rings is 1. The molecule has 0 unspecified atom stereocenters. The molecule has 0 amide bonds. The van der Waals surface area contributed by atoms with Gasteiger partial charge in [-0.1, -0.05) is 38.1 Å². The Kier molecular flexibility index (Phi) is 4.12. The number of pyridine rings is 1. The highest BCUT2D eigenvalue weighted by atomic mass is 32.1. The zero-order valence-corrected chi connectivity index (χ0v) is 14.3. The predicted octanol–water partition coefficient (Wildman–Crippen LogP) is 5.24. The van der Waals surface area contributed by atoms with Crippen LogP contribution in [0.5, 0.6) is 0 Å². The van der Waals surface area contributed by atoms with Crippen molar-refractivity contribution in [3.8, 4) is 10.6 Å². The molecule has 0 spiro atoms. The van der Waals surface area contributed by atoms with E-state index in [1.54, 1.807) is 0 Å². The second-order valence-electron chi connectivity index (χ2n) is 6.02. The molecule has 2 heterocycles. The first-order valence-electron chi connectivity index (χ1n) is 7.73. The van der Waals surface area contributed by atoms with Gasteiger partial charge in [0, 0.05) is 16.8 Å². The predicted molar refractivity (Wildman–Crippen MR) is 96.4 cm³/mol. The molecular weight excluding hydrogens is 286 g/mol. The van der Waals surface area contributed by atoms with Crippen molar-refractivity contribution in [3.05, 3.63) is 66.4 Å². The van der Waals surface area contributed by atoms with Crippen molar-refractivity contribution in [1.29, 1.82) is 0 Å². The van der Waals surface area contributed by atoms with Gasteiger partial charge in [0.05, 0.1) is 0 Å². The Balaban J connectivity index is 2.27. The molecule has 0 aliphatic rings. The van der Waals surface area contributed by atoms with E-state index in [1.165, 1.54) is 31.8 Å². The molecule has 0 atom stereocenters. The molecule has 0 saturated heterocycles. The van der Waals surface area contributed by atoms with E-state index in [-0.39, 0.29) is 0 Å². The first-order valence-corrected chi connectivity index (χ1v) is 8.54.